The van der Waals surface area contributed by atoms with Crippen molar-refractivity contribution in [2.24, 2.45) is 17.8 Å². The number of rotatable bonds is 2. The van der Waals surface area contributed by atoms with Crippen molar-refractivity contribution in [1.82, 2.24) is 0 Å². The van der Waals surface area contributed by atoms with Gasteiger partial charge in [-0.25, -0.2) is 0 Å². The summed E-state index contributed by atoms with van der Waals surface area (Å²) in [6, 6.07) is 0. The number of hydrogen-bond donors (Lipinski definition) is 1. The third-order valence-electron chi connectivity index (χ3n) is 4.48. The van der Waals surface area contributed by atoms with Gasteiger partial charge in [0, 0.05) is 0 Å². The molecule has 1 heteroatoms. The van der Waals surface area contributed by atoms with Gasteiger partial charge in [-0.05, 0) is 57.3 Å². The maximum Gasteiger partial charge on any atom is 0.0639 e. The van der Waals surface area contributed by atoms with Gasteiger partial charge in [0.1, 0.15) is 0 Å². The van der Waals surface area contributed by atoms with Crippen LogP contribution in [0.15, 0.2) is 22.8 Å². The molecule has 0 radical (unpaired) electrons. The lowest BCUT2D eigenvalue weighted by Crippen LogP contribution is -2.23. The Kier molecular flexibility index (Phi) is 3.53. The molecule has 0 aromatic rings. The highest BCUT2D eigenvalue weighted by molar-refractivity contribution is 5.30. The molecule has 0 spiro atoms. The molecule has 2 unspecified atom stereocenters. The van der Waals surface area contributed by atoms with Crippen LogP contribution in [0.1, 0.15) is 46.5 Å². The predicted octanol–water partition coefficient (Wildman–Crippen LogP) is 3.70. The average molecular weight is 220 g/mol. The lowest BCUT2D eigenvalue weighted by Gasteiger charge is -2.34. The van der Waals surface area contributed by atoms with Crippen LogP contribution in [-0.2, 0) is 0 Å². The molecular weight excluding hydrogens is 196 g/mol. The lowest BCUT2D eigenvalue weighted by atomic mass is 9.71. The highest BCUT2D eigenvalue weighted by Crippen LogP contribution is 2.48. The third kappa shape index (κ3) is 2.10. The fourth-order valence-corrected chi connectivity index (χ4v) is 3.54. The molecule has 1 fully saturated rings. The molecule has 0 heterocycles. The van der Waals surface area contributed by atoms with Crippen LogP contribution in [0.3, 0.4) is 0 Å². The van der Waals surface area contributed by atoms with Gasteiger partial charge in [0.05, 0.1) is 6.61 Å². The molecule has 0 saturated heterocycles. The summed E-state index contributed by atoms with van der Waals surface area (Å²) < 4.78 is 0. The molecule has 0 aromatic heterocycles. The fourth-order valence-electron chi connectivity index (χ4n) is 3.54. The van der Waals surface area contributed by atoms with Crippen LogP contribution in [-0.4, -0.2) is 11.7 Å². The van der Waals surface area contributed by atoms with Crippen LogP contribution in [0.4, 0.5) is 0 Å². The summed E-state index contributed by atoms with van der Waals surface area (Å²) in [6.45, 7) is 6.96. The Morgan fingerprint density at radius 3 is 2.81 bits per heavy atom. The molecule has 2 rings (SSSR count). The Balaban J connectivity index is 2.24. The largest absolute Gasteiger partial charge is 0.392 e. The molecule has 90 valence electrons. The van der Waals surface area contributed by atoms with E-state index in [9.17, 15) is 0 Å². The van der Waals surface area contributed by atoms with Crippen LogP contribution < -0.4 is 0 Å². The van der Waals surface area contributed by atoms with E-state index in [1.807, 2.05) is 6.92 Å². The van der Waals surface area contributed by atoms with Crippen LogP contribution in [0.25, 0.3) is 0 Å². The monoisotopic (exact) mass is 220 g/mol. The zero-order chi connectivity index (χ0) is 11.7. The second kappa shape index (κ2) is 4.75. The Labute approximate surface area is 99.3 Å². The quantitative estimate of drug-likeness (QED) is 0.704. The van der Waals surface area contributed by atoms with Crippen molar-refractivity contribution < 1.29 is 5.11 Å². The van der Waals surface area contributed by atoms with Crippen molar-refractivity contribution in [2.75, 3.05) is 6.61 Å². The van der Waals surface area contributed by atoms with Crippen LogP contribution in [0.2, 0.25) is 0 Å². The summed E-state index contributed by atoms with van der Waals surface area (Å²) >= 11 is 0. The van der Waals surface area contributed by atoms with E-state index in [0.29, 0.717) is 5.92 Å². The van der Waals surface area contributed by atoms with Crippen molar-refractivity contribution in [3.63, 3.8) is 0 Å². The van der Waals surface area contributed by atoms with E-state index in [0.717, 1.165) is 17.4 Å². The molecule has 0 aliphatic heterocycles. The molecular formula is C15H24O. The Morgan fingerprint density at radius 1 is 1.38 bits per heavy atom. The van der Waals surface area contributed by atoms with Crippen molar-refractivity contribution in [3.05, 3.63) is 22.8 Å². The molecule has 0 bridgehead atoms. The first-order valence-electron chi connectivity index (χ1n) is 6.61. The summed E-state index contributed by atoms with van der Waals surface area (Å²) in [4.78, 5) is 0. The highest BCUT2D eigenvalue weighted by Gasteiger charge is 2.35. The van der Waals surface area contributed by atoms with Crippen LogP contribution >= 0.6 is 0 Å². The van der Waals surface area contributed by atoms with Gasteiger partial charge in [0.15, 0.2) is 0 Å². The SMILES string of the molecule is CC1=C2C(CC1)C(C)CC[C@H]2/C=C(\C)CO. The first kappa shape index (κ1) is 11.9. The van der Waals surface area contributed by atoms with E-state index in [-0.39, 0.29) is 6.61 Å². The van der Waals surface area contributed by atoms with Gasteiger partial charge in [-0.3, -0.25) is 0 Å². The second-order valence-corrected chi connectivity index (χ2v) is 5.71. The first-order valence-corrected chi connectivity index (χ1v) is 6.61. The maximum atomic E-state index is 9.14. The number of aliphatic hydroxyl groups excluding tert-OH is 1. The lowest BCUT2D eigenvalue weighted by molar-refractivity contribution is 0.296. The summed E-state index contributed by atoms with van der Waals surface area (Å²) in [5, 5.41) is 9.14. The minimum Gasteiger partial charge on any atom is -0.392 e. The normalized spacial score (nSPS) is 35.5. The predicted molar refractivity (Wildman–Crippen MR) is 68.2 cm³/mol. The van der Waals surface area contributed by atoms with Crippen LogP contribution in [0, 0.1) is 17.8 Å². The van der Waals surface area contributed by atoms with Gasteiger partial charge in [0.25, 0.3) is 0 Å². The van der Waals surface area contributed by atoms with E-state index in [1.54, 1.807) is 11.1 Å². The van der Waals surface area contributed by atoms with Gasteiger partial charge < -0.3 is 5.11 Å². The molecule has 0 amide bonds. The van der Waals surface area contributed by atoms with E-state index < -0.39 is 0 Å². The molecule has 2 aliphatic carbocycles. The maximum absolute atomic E-state index is 9.14. The topological polar surface area (TPSA) is 20.2 Å². The highest BCUT2D eigenvalue weighted by atomic mass is 16.3. The van der Waals surface area contributed by atoms with E-state index in [4.69, 9.17) is 5.11 Å². The average Bonchev–Trinajstić information content (AvgIpc) is 2.66. The van der Waals surface area contributed by atoms with Crippen molar-refractivity contribution in [1.29, 1.82) is 0 Å². The van der Waals surface area contributed by atoms with Gasteiger partial charge in [0.2, 0.25) is 0 Å². The van der Waals surface area contributed by atoms with Crippen molar-refractivity contribution in [2.45, 2.75) is 46.5 Å². The summed E-state index contributed by atoms with van der Waals surface area (Å²) in [7, 11) is 0. The number of fused-ring (bicyclic) bond motifs is 1. The standard InChI is InChI=1S/C15H24O/c1-10(9-16)8-13-6-4-11(2)14-7-5-12(3)15(13)14/h8,11,13-14,16H,4-7,9H2,1-3H3/b10-8+/t11?,13-,14?/m0/s1. The number of hydrogen-bond acceptors (Lipinski definition) is 1. The summed E-state index contributed by atoms with van der Waals surface area (Å²) in [5.74, 6) is 2.32. The molecule has 2 aliphatic rings. The minimum absolute atomic E-state index is 0.211. The van der Waals surface area contributed by atoms with Gasteiger partial charge in [-0.2, -0.15) is 0 Å². The third-order valence-corrected chi connectivity index (χ3v) is 4.48. The second-order valence-electron chi connectivity index (χ2n) is 5.71. The molecule has 1 saturated carbocycles. The van der Waals surface area contributed by atoms with Gasteiger partial charge in [-0.1, -0.05) is 29.7 Å². The molecule has 0 aromatic carbocycles. The number of allylic oxidation sites excluding steroid dienone is 3. The molecule has 3 atom stereocenters. The summed E-state index contributed by atoms with van der Waals surface area (Å²) in [5.41, 5.74) is 4.47. The van der Waals surface area contributed by atoms with E-state index >= 15 is 0 Å². The molecule has 1 nitrogen and oxygen atoms in total. The van der Waals surface area contributed by atoms with Gasteiger partial charge in [-0.15, -0.1) is 0 Å². The smallest absolute Gasteiger partial charge is 0.0639 e. The molecule has 1 N–H and O–H groups in total. The summed E-state index contributed by atoms with van der Waals surface area (Å²) in [6.07, 6.45) is 7.60. The van der Waals surface area contributed by atoms with E-state index in [1.165, 1.54) is 25.7 Å². The number of aliphatic hydroxyl groups is 1. The van der Waals surface area contributed by atoms with Crippen LogP contribution in [0.5, 0.6) is 0 Å². The zero-order valence-electron chi connectivity index (χ0n) is 10.8. The van der Waals surface area contributed by atoms with Crippen molar-refractivity contribution >= 4 is 0 Å². The van der Waals surface area contributed by atoms with Gasteiger partial charge >= 0.3 is 0 Å². The Morgan fingerprint density at radius 2 is 2.12 bits per heavy atom. The Bertz CT molecular complexity index is 324. The van der Waals surface area contributed by atoms with Crippen molar-refractivity contribution in [3.8, 4) is 0 Å². The fraction of sp³-hybridized carbons (Fsp3) is 0.733. The zero-order valence-corrected chi connectivity index (χ0v) is 10.8. The van der Waals surface area contributed by atoms with E-state index in [2.05, 4.69) is 19.9 Å². The molecule has 16 heavy (non-hydrogen) atoms. The first-order chi connectivity index (χ1) is 7.63. The Hall–Kier alpha value is -0.560. The minimum atomic E-state index is 0.211.